The van der Waals surface area contributed by atoms with Gasteiger partial charge in [-0.1, -0.05) is 62.4 Å². The molecule has 2 unspecified atom stereocenters. The van der Waals surface area contributed by atoms with Crippen LogP contribution in [-0.4, -0.2) is 55.9 Å². The number of carbonyl (C=O) groups excluding carboxylic acids is 1. The Morgan fingerprint density at radius 2 is 1.00 bits per heavy atom. The average Bonchev–Trinajstić information content (AvgIpc) is 2.86. The van der Waals surface area contributed by atoms with Gasteiger partial charge in [0.1, 0.15) is 5.78 Å². The summed E-state index contributed by atoms with van der Waals surface area (Å²) in [5, 5.41) is 0. The Labute approximate surface area is 207 Å². The van der Waals surface area contributed by atoms with Crippen LogP contribution in [0.4, 0.5) is 0 Å². The van der Waals surface area contributed by atoms with Gasteiger partial charge in [-0.05, 0) is 113 Å². The van der Waals surface area contributed by atoms with E-state index in [4.69, 9.17) is 0 Å². The lowest BCUT2D eigenvalue weighted by Gasteiger charge is -2.29. The van der Waals surface area contributed by atoms with Gasteiger partial charge in [-0.15, -0.1) is 0 Å². The van der Waals surface area contributed by atoms with Gasteiger partial charge in [-0.25, -0.2) is 0 Å². The molecule has 0 spiro atoms. The van der Waals surface area contributed by atoms with Crippen molar-refractivity contribution in [2.24, 2.45) is 11.8 Å². The highest BCUT2D eigenvalue weighted by Gasteiger charge is 2.24. The van der Waals surface area contributed by atoms with Gasteiger partial charge in [0.2, 0.25) is 0 Å². The lowest BCUT2D eigenvalue weighted by atomic mass is 9.84. The van der Waals surface area contributed by atoms with Crippen molar-refractivity contribution < 1.29 is 4.79 Å². The molecule has 0 saturated carbocycles. The van der Waals surface area contributed by atoms with E-state index < -0.39 is 0 Å². The fourth-order valence-electron chi connectivity index (χ4n) is 5.79. The van der Waals surface area contributed by atoms with Crippen molar-refractivity contribution in [2.75, 3.05) is 40.3 Å². The summed E-state index contributed by atoms with van der Waals surface area (Å²) in [5.74, 6) is 1.75. The molecule has 4 rings (SSSR count). The Kier molecular flexibility index (Phi) is 8.60. The molecule has 0 aromatic heterocycles. The van der Waals surface area contributed by atoms with Gasteiger partial charge in [0.25, 0.3) is 0 Å². The van der Waals surface area contributed by atoms with Crippen LogP contribution in [-0.2, 0) is 17.6 Å². The zero-order chi connectivity index (χ0) is 24.1. The summed E-state index contributed by atoms with van der Waals surface area (Å²) in [6.07, 6.45) is 7.50. The second-order valence-electron chi connectivity index (χ2n) is 11.2. The molecule has 34 heavy (non-hydrogen) atoms. The maximum Gasteiger partial charge on any atom is 0.147 e. The third-order valence-corrected chi connectivity index (χ3v) is 8.54. The van der Waals surface area contributed by atoms with Crippen LogP contribution in [0.1, 0.15) is 73.6 Å². The number of Topliss-reactive ketones (excluding diaryl/α,β-unsaturated/α-hetero) is 1. The van der Waals surface area contributed by atoms with Crippen LogP contribution in [0, 0.1) is 11.8 Å². The zero-order valence-corrected chi connectivity index (χ0v) is 21.8. The van der Waals surface area contributed by atoms with E-state index >= 15 is 0 Å². The molecule has 2 heterocycles. The summed E-state index contributed by atoms with van der Waals surface area (Å²) < 4.78 is 0. The van der Waals surface area contributed by atoms with Crippen LogP contribution in [0.15, 0.2) is 48.5 Å². The van der Waals surface area contributed by atoms with Crippen LogP contribution >= 0.6 is 0 Å². The highest BCUT2D eigenvalue weighted by molar-refractivity contribution is 5.91. The summed E-state index contributed by atoms with van der Waals surface area (Å²) >= 11 is 0. The summed E-state index contributed by atoms with van der Waals surface area (Å²) in [5.41, 5.74) is 5.10. The van der Waals surface area contributed by atoms with Crippen molar-refractivity contribution >= 4 is 5.78 Å². The van der Waals surface area contributed by atoms with Crippen molar-refractivity contribution in [3.05, 3.63) is 70.8 Å². The molecule has 3 nitrogen and oxygen atoms in total. The molecule has 2 aromatic rings. The first-order chi connectivity index (χ1) is 16.4. The molecular weight excluding hydrogens is 416 g/mol. The lowest BCUT2D eigenvalue weighted by molar-refractivity contribution is -0.121. The predicted molar refractivity (Wildman–Crippen MR) is 143 cm³/mol. The second kappa shape index (κ2) is 11.6. The third-order valence-electron chi connectivity index (χ3n) is 8.54. The number of carbonyl (C=O) groups is 1. The van der Waals surface area contributed by atoms with Crippen LogP contribution in [0.3, 0.4) is 0 Å². The van der Waals surface area contributed by atoms with E-state index in [9.17, 15) is 4.79 Å². The SMILES string of the molecule is CC(C(=O)C(C)c1ccc(CC2CCN(C)CC2)cc1)c1ccc(CC2CCN(C)CC2)cc1. The maximum atomic E-state index is 13.3. The standard InChI is InChI=1S/C31H44N2O/c1-23(29-9-5-25(6-10-29)21-27-13-17-32(3)18-14-27)31(34)24(2)30-11-7-26(8-12-30)22-28-15-19-33(4)20-16-28/h5-12,23-24,27-28H,13-22H2,1-4H3. The van der Waals surface area contributed by atoms with E-state index in [-0.39, 0.29) is 11.8 Å². The Morgan fingerprint density at radius 1 is 0.676 bits per heavy atom. The van der Waals surface area contributed by atoms with Gasteiger partial charge >= 0.3 is 0 Å². The first-order valence-electron chi connectivity index (χ1n) is 13.5. The molecule has 2 saturated heterocycles. The molecule has 0 bridgehead atoms. The first-order valence-corrected chi connectivity index (χ1v) is 13.5. The number of ketones is 1. The molecule has 2 aliphatic rings. The van der Waals surface area contributed by atoms with Gasteiger partial charge in [0, 0.05) is 11.8 Å². The fourth-order valence-corrected chi connectivity index (χ4v) is 5.79. The summed E-state index contributed by atoms with van der Waals surface area (Å²) in [7, 11) is 4.43. The van der Waals surface area contributed by atoms with Gasteiger partial charge in [0.05, 0.1) is 0 Å². The molecule has 3 heteroatoms. The van der Waals surface area contributed by atoms with Crippen molar-refractivity contribution in [3.8, 4) is 0 Å². The van der Waals surface area contributed by atoms with Gasteiger partial charge < -0.3 is 9.80 Å². The molecule has 2 aromatic carbocycles. The quantitative estimate of drug-likeness (QED) is 0.488. The molecule has 0 radical (unpaired) electrons. The van der Waals surface area contributed by atoms with E-state index in [1.165, 1.54) is 63.0 Å². The monoisotopic (exact) mass is 460 g/mol. The molecule has 2 aliphatic heterocycles. The van der Waals surface area contributed by atoms with Crippen LogP contribution in [0.2, 0.25) is 0 Å². The maximum absolute atomic E-state index is 13.3. The van der Waals surface area contributed by atoms with Gasteiger partial charge in [0.15, 0.2) is 0 Å². The normalized spacial score (nSPS) is 20.8. The molecule has 2 fully saturated rings. The van der Waals surface area contributed by atoms with E-state index in [1.54, 1.807) is 0 Å². The smallest absolute Gasteiger partial charge is 0.147 e. The molecule has 184 valence electrons. The number of benzene rings is 2. The van der Waals surface area contributed by atoms with Crippen molar-refractivity contribution in [1.29, 1.82) is 0 Å². The van der Waals surface area contributed by atoms with Gasteiger partial charge in [-0.3, -0.25) is 4.79 Å². The molecular formula is C31H44N2O. The summed E-state index contributed by atoms with van der Waals surface area (Å²) in [6, 6.07) is 17.7. The number of likely N-dealkylation sites (tertiary alicyclic amines) is 2. The van der Waals surface area contributed by atoms with Crippen molar-refractivity contribution in [2.45, 2.75) is 64.2 Å². The third kappa shape index (κ3) is 6.58. The number of rotatable bonds is 8. The number of piperidine rings is 2. The van der Waals surface area contributed by atoms with E-state index in [0.717, 1.165) is 35.8 Å². The molecule has 0 amide bonds. The Hall–Kier alpha value is -1.97. The summed E-state index contributed by atoms with van der Waals surface area (Å²) in [6.45, 7) is 8.99. The first kappa shape index (κ1) is 25.1. The zero-order valence-electron chi connectivity index (χ0n) is 21.8. The topological polar surface area (TPSA) is 23.6 Å². The Bertz CT molecular complexity index is 828. The van der Waals surface area contributed by atoms with Crippen LogP contribution in [0.5, 0.6) is 0 Å². The average molecular weight is 461 g/mol. The molecule has 0 N–H and O–H groups in total. The Morgan fingerprint density at radius 3 is 1.32 bits per heavy atom. The number of hydrogen-bond acceptors (Lipinski definition) is 3. The van der Waals surface area contributed by atoms with Crippen molar-refractivity contribution in [3.63, 3.8) is 0 Å². The fraction of sp³-hybridized carbons (Fsp3) is 0.581. The largest absolute Gasteiger partial charge is 0.306 e. The summed E-state index contributed by atoms with van der Waals surface area (Å²) in [4.78, 5) is 18.2. The minimum Gasteiger partial charge on any atom is -0.306 e. The second-order valence-corrected chi connectivity index (χ2v) is 11.2. The molecule has 0 aliphatic carbocycles. The number of hydrogen-bond donors (Lipinski definition) is 0. The minimum absolute atomic E-state index is 0.0775. The lowest BCUT2D eigenvalue weighted by Crippen LogP contribution is -2.30. The molecule has 2 atom stereocenters. The van der Waals surface area contributed by atoms with Crippen LogP contribution in [0.25, 0.3) is 0 Å². The van der Waals surface area contributed by atoms with Crippen molar-refractivity contribution in [1.82, 2.24) is 9.80 Å². The highest BCUT2D eigenvalue weighted by atomic mass is 16.1. The van der Waals surface area contributed by atoms with E-state index in [0.29, 0.717) is 5.78 Å². The minimum atomic E-state index is -0.0775. The van der Waals surface area contributed by atoms with E-state index in [1.807, 2.05) is 0 Å². The van der Waals surface area contributed by atoms with E-state index in [2.05, 4.69) is 86.3 Å². The number of nitrogens with zero attached hydrogens (tertiary/aromatic N) is 2. The Balaban J connectivity index is 1.31. The predicted octanol–water partition coefficient (Wildman–Crippen LogP) is 5.93. The van der Waals surface area contributed by atoms with Crippen LogP contribution < -0.4 is 0 Å². The van der Waals surface area contributed by atoms with Gasteiger partial charge in [-0.2, -0.15) is 0 Å². The highest BCUT2D eigenvalue weighted by Crippen LogP contribution is 2.29.